The number of hydrogen-bond acceptors (Lipinski definition) is 3. The van der Waals surface area contributed by atoms with Crippen LogP contribution in [0.4, 0.5) is 0 Å². The number of carboxylic acid groups (broad SMARTS) is 1. The number of carbonyl (C=O) groups is 1. The molecular weight excluding hydrogens is 276 g/mol. The molecule has 0 atom stereocenters. The van der Waals surface area contributed by atoms with Gasteiger partial charge in [-0.15, -0.1) is 0 Å². The maximum Gasteiger partial charge on any atom is 0.335 e. The molecule has 0 saturated heterocycles. The fourth-order valence-corrected chi connectivity index (χ4v) is 3.70. The smallest absolute Gasteiger partial charge is 0.335 e. The van der Waals surface area contributed by atoms with E-state index in [-0.39, 0.29) is 21.8 Å². The fraction of sp³-hybridized carbons (Fsp3) is 0.133. The molecule has 0 fully saturated rings. The molecule has 0 radical (unpaired) electrons. The molecule has 0 unspecified atom stereocenters. The third kappa shape index (κ3) is 2.88. The van der Waals surface area contributed by atoms with Crippen LogP contribution in [0.15, 0.2) is 53.4 Å². The Morgan fingerprint density at radius 3 is 2.30 bits per heavy atom. The van der Waals surface area contributed by atoms with Gasteiger partial charge in [-0.3, -0.25) is 0 Å². The molecule has 5 heteroatoms. The maximum atomic E-state index is 12.4. The minimum absolute atomic E-state index is 0.0131. The Morgan fingerprint density at radius 2 is 1.70 bits per heavy atom. The Hall–Kier alpha value is -2.14. The van der Waals surface area contributed by atoms with Crippen LogP contribution in [0.25, 0.3) is 0 Å². The molecule has 0 aliphatic heterocycles. The van der Waals surface area contributed by atoms with Gasteiger partial charge in [0.05, 0.1) is 16.2 Å². The van der Waals surface area contributed by atoms with E-state index in [2.05, 4.69) is 0 Å². The van der Waals surface area contributed by atoms with Crippen molar-refractivity contribution in [1.29, 1.82) is 0 Å². The summed E-state index contributed by atoms with van der Waals surface area (Å²) in [5.74, 6) is -1.27. The van der Waals surface area contributed by atoms with E-state index in [0.29, 0.717) is 5.56 Å². The zero-order valence-electron chi connectivity index (χ0n) is 10.9. The molecule has 0 aliphatic rings. The highest BCUT2D eigenvalue weighted by Gasteiger charge is 2.21. The lowest BCUT2D eigenvalue weighted by Gasteiger charge is -2.10. The Balaban J connectivity index is 2.45. The molecule has 0 aromatic heterocycles. The first kappa shape index (κ1) is 14.3. The second-order valence-electron chi connectivity index (χ2n) is 4.48. The monoisotopic (exact) mass is 290 g/mol. The van der Waals surface area contributed by atoms with Gasteiger partial charge in [0.25, 0.3) is 0 Å². The zero-order valence-corrected chi connectivity index (χ0v) is 11.7. The second kappa shape index (κ2) is 5.46. The van der Waals surface area contributed by atoms with Crippen LogP contribution in [0.5, 0.6) is 0 Å². The van der Waals surface area contributed by atoms with Gasteiger partial charge in [-0.1, -0.05) is 36.4 Å². The molecule has 2 aromatic rings. The van der Waals surface area contributed by atoms with Gasteiger partial charge in [0.15, 0.2) is 9.84 Å². The average molecular weight is 290 g/mol. The molecule has 0 amide bonds. The van der Waals surface area contributed by atoms with Crippen LogP contribution in [0.3, 0.4) is 0 Å². The zero-order chi connectivity index (χ0) is 14.8. The van der Waals surface area contributed by atoms with E-state index in [9.17, 15) is 13.2 Å². The van der Waals surface area contributed by atoms with Gasteiger partial charge >= 0.3 is 5.97 Å². The Kier molecular flexibility index (Phi) is 3.90. The SMILES string of the molecule is Cc1c(C(=O)O)cccc1S(=O)(=O)Cc1ccccc1. The second-order valence-corrected chi connectivity index (χ2v) is 6.44. The van der Waals surface area contributed by atoms with E-state index in [0.717, 1.165) is 0 Å². The van der Waals surface area contributed by atoms with Crippen molar-refractivity contribution in [2.24, 2.45) is 0 Å². The summed E-state index contributed by atoms with van der Waals surface area (Å²) in [7, 11) is -3.56. The van der Waals surface area contributed by atoms with Gasteiger partial charge in [-0.25, -0.2) is 13.2 Å². The minimum atomic E-state index is -3.56. The molecule has 20 heavy (non-hydrogen) atoms. The van der Waals surface area contributed by atoms with Crippen LogP contribution < -0.4 is 0 Å². The Bertz CT molecular complexity index is 734. The summed E-state index contributed by atoms with van der Waals surface area (Å²) in [5.41, 5.74) is 0.961. The molecule has 4 nitrogen and oxygen atoms in total. The molecule has 0 saturated carbocycles. The van der Waals surface area contributed by atoms with Crippen molar-refractivity contribution < 1.29 is 18.3 Å². The van der Waals surface area contributed by atoms with Crippen molar-refractivity contribution in [3.05, 3.63) is 65.2 Å². The molecule has 1 N–H and O–H groups in total. The summed E-state index contributed by atoms with van der Waals surface area (Å²) in [6.07, 6.45) is 0. The van der Waals surface area contributed by atoms with Crippen molar-refractivity contribution in [2.75, 3.05) is 0 Å². The standard InChI is InChI=1S/C15H14O4S/c1-11-13(15(16)17)8-5-9-14(11)20(18,19)10-12-6-3-2-4-7-12/h2-9H,10H2,1H3,(H,16,17). The first-order chi connectivity index (χ1) is 9.42. The van der Waals surface area contributed by atoms with E-state index in [1.165, 1.54) is 25.1 Å². The van der Waals surface area contributed by atoms with Gasteiger partial charge in [0.2, 0.25) is 0 Å². The van der Waals surface area contributed by atoms with Gasteiger partial charge in [0, 0.05) is 0 Å². The number of hydrogen-bond donors (Lipinski definition) is 1. The first-order valence-electron chi connectivity index (χ1n) is 6.01. The maximum absolute atomic E-state index is 12.4. The highest BCUT2D eigenvalue weighted by molar-refractivity contribution is 7.90. The molecule has 0 bridgehead atoms. The summed E-state index contributed by atoms with van der Waals surface area (Å²) in [6.45, 7) is 1.52. The molecule has 0 heterocycles. The summed E-state index contributed by atoms with van der Waals surface area (Å²) in [6, 6.07) is 13.1. The van der Waals surface area contributed by atoms with Gasteiger partial charge in [-0.05, 0) is 30.2 Å². The van der Waals surface area contributed by atoms with Crippen LogP contribution in [-0.4, -0.2) is 19.5 Å². The number of carboxylic acids is 1. The Morgan fingerprint density at radius 1 is 1.05 bits per heavy atom. The lowest BCUT2D eigenvalue weighted by atomic mass is 10.1. The summed E-state index contributed by atoms with van der Waals surface area (Å²) in [5, 5.41) is 9.05. The highest BCUT2D eigenvalue weighted by Crippen LogP contribution is 2.22. The molecule has 2 aromatic carbocycles. The van der Waals surface area contributed by atoms with Crippen LogP contribution in [0.2, 0.25) is 0 Å². The molecule has 2 rings (SSSR count). The minimum Gasteiger partial charge on any atom is -0.478 e. The lowest BCUT2D eigenvalue weighted by molar-refractivity contribution is 0.0696. The van der Waals surface area contributed by atoms with E-state index >= 15 is 0 Å². The molecule has 0 spiro atoms. The van der Waals surface area contributed by atoms with E-state index in [4.69, 9.17) is 5.11 Å². The number of sulfone groups is 1. The molecular formula is C15H14O4S. The van der Waals surface area contributed by atoms with E-state index in [1.54, 1.807) is 24.3 Å². The molecule has 104 valence electrons. The van der Waals surface area contributed by atoms with E-state index in [1.807, 2.05) is 6.07 Å². The summed E-state index contributed by atoms with van der Waals surface area (Å²) < 4.78 is 24.8. The van der Waals surface area contributed by atoms with Crippen molar-refractivity contribution in [1.82, 2.24) is 0 Å². The number of rotatable bonds is 4. The lowest BCUT2D eigenvalue weighted by Crippen LogP contribution is -2.10. The normalized spacial score (nSPS) is 11.2. The quantitative estimate of drug-likeness (QED) is 0.939. The van der Waals surface area contributed by atoms with Crippen molar-refractivity contribution >= 4 is 15.8 Å². The van der Waals surface area contributed by atoms with Crippen molar-refractivity contribution in [3.63, 3.8) is 0 Å². The summed E-state index contributed by atoms with van der Waals surface area (Å²) in [4.78, 5) is 11.1. The highest BCUT2D eigenvalue weighted by atomic mass is 32.2. The first-order valence-corrected chi connectivity index (χ1v) is 7.66. The largest absolute Gasteiger partial charge is 0.478 e. The fourth-order valence-electron chi connectivity index (χ4n) is 2.05. The van der Waals surface area contributed by atoms with Crippen molar-refractivity contribution in [2.45, 2.75) is 17.6 Å². The summed E-state index contributed by atoms with van der Waals surface area (Å²) >= 11 is 0. The predicted octanol–water partition coefficient (Wildman–Crippen LogP) is 2.67. The van der Waals surface area contributed by atoms with Crippen molar-refractivity contribution in [3.8, 4) is 0 Å². The van der Waals surface area contributed by atoms with Crippen LogP contribution in [-0.2, 0) is 15.6 Å². The van der Waals surface area contributed by atoms with Crippen LogP contribution in [0.1, 0.15) is 21.5 Å². The average Bonchev–Trinajstić information content (AvgIpc) is 2.39. The van der Waals surface area contributed by atoms with Gasteiger partial charge in [0.1, 0.15) is 0 Å². The number of benzene rings is 2. The molecule has 0 aliphatic carbocycles. The topological polar surface area (TPSA) is 71.4 Å². The Labute approximate surface area is 117 Å². The van der Waals surface area contributed by atoms with Crippen LogP contribution >= 0.6 is 0 Å². The predicted molar refractivity (Wildman–Crippen MR) is 75.5 cm³/mol. The third-order valence-corrected chi connectivity index (χ3v) is 4.87. The van der Waals surface area contributed by atoms with E-state index < -0.39 is 15.8 Å². The number of aromatic carboxylic acids is 1. The van der Waals surface area contributed by atoms with Crippen LogP contribution in [0, 0.1) is 6.92 Å². The van der Waals surface area contributed by atoms with Gasteiger partial charge in [-0.2, -0.15) is 0 Å². The van der Waals surface area contributed by atoms with Gasteiger partial charge < -0.3 is 5.11 Å². The third-order valence-electron chi connectivity index (χ3n) is 3.05.